The van der Waals surface area contributed by atoms with Gasteiger partial charge in [0.05, 0.1) is 6.04 Å². The summed E-state index contributed by atoms with van der Waals surface area (Å²) in [4.78, 5) is 42.6. The Morgan fingerprint density at radius 3 is 2.52 bits per heavy atom. The number of nitrogens with one attached hydrogen (secondary N) is 3. The van der Waals surface area contributed by atoms with E-state index < -0.39 is 0 Å². The van der Waals surface area contributed by atoms with Crippen LogP contribution in [-0.2, 0) is 4.79 Å². The molecule has 8 nitrogen and oxygen atoms in total. The summed E-state index contributed by atoms with van der Waals surface area (Å²) in [5, 5.41) is 8.89. The van der Waals surface area contributed by atoms with Crippen LogP contribution in [0.4, 0.5) is 4.79 Å². The second-order valence-corrected chi connectivity index (χ2v) is 10.0. The number of nitrogens with zero attached hydrogens (tertiary/aromatic N) is 2. The van der Waals surface area contributed by atoms with E-state index in [0.29, 0.717) is 24.6 Å². The number of hydrogen-bond donors (Lipinski definition) is 3. The molecule has 0 aromatic heterocycles. The van der Waals surface area contributed by atoms with Gasteiger partial charge in [-0.3, -0.25) is 14.5 Å². The maximum absolute atomic E-state index is 13.6. The molecule has 2 saturated heterocycles. The summed E-state index contributed by atoms with van der Waals surface area (Å²) in [5.41, 5.74) is 0.600. The number of amides is 4. The highest BCUT2D eigenvalue weighted by molar-refractivity contribution is 5.94. The zero-order valence-electron chi connectivity index (χ0n) is 19.8. The van der Waals surface area contributed by atoms with Crippen LogP contribution in [0.1, 0.15) is 56.3 Å². The largest absolute Gasteiger partial charge is 0.350 e. The molecule has 0 spiro atoms. The second kappa shape index (κ2) is 10.5. The highest BCUT2D eigenvalue weighted by atomic mass is 16.2. The van der Waals surface area contributed by atoms with Gasteiger partial charge in [0.2, 0.25) is 5.91 Å². The van der Waals surface area contributed by atoms with Crippen molar-refractivity contribution in [3.05, 3.63) is 35.9 Å². The fourth-order valence-corrected chi connectivity index (χ4v) is 5.52. The molecule has 2 heterocycles. The van der Waals surface area contributed by atoms with Crippen LogP contribution in [0.2, 0.25) is 0 Å². The van der Waals surface area contributed by atoms with Gasteiger partial charge in [-0.2, -0.15) is 0 Å². The molecule has 3 aliphatic rings. The van der Waals surface area contributed by atoms with Crippen molar-refractivity contribution in [3.8, 4) is 0 Å². The highest BCUT2D eigenvalue weighted by Gasteiger charge is 2.46. The molecule has 3 fully saturated rings. The third-order valence-electron chi connectivity index (χ3n) is 7.08. The summed E-state index contributed by atoms with van der Waals surface area (Å²) in [7, 11) is 0. The number of hydrogen-bond acceptors (Lipinski definition) is 4. The fourth-order valence-electron chi connectivity index (χ4n) is 5.52. The van der Waals surface area contributed by atoms with Crippen LogP contribution in [0.3, 0.4) is 0 Å². The molecule has 3 atom stereocenters. The fraction of sp³-hybridized carbons (Fsp3) is 0.640. The minimum absolute atomic E-state index is 0.0521. The number of rotatable bonds is 7. The molecular weight excluding hydrogens is 418 g/mol. The summed E-state index contributed by atoms with van der Waals surface area (Å²) >= 11 is 0. The lowest BCUT2D eigenvalue weighted by atomic mass is 10.0. The molecule has 8 heteroatoms. The predicted molar refractivity (Wildman–Crippen MR) is 127 cm³/mol. The van der Waals surface area contributed by atoms with E-state index in [1.807, 2.05) is 36.9 Å². The average Bonchev–Trinajstić information content (AvgIpc) is 3.43. The first kappa shape index (κ1) is 23.5. The molecule has 1 aromatic carbocycles. The molecule has 1 saturated carbocycles. The molecule has 4 amide bonds. The average molecular weight is 456 g/mol. The maximum atomic E-state index is 13.6. The molecule has 1 aliphatic carbocycles. The van der Waals surface area contributed by atoms with Gasteiger partial charge in [-0.25, -0.2) is 4.79 Å². The van der Waals surface area contributed by atoms with Gasteiger partial charge >= 0.3 is 6.03 Å². The number of benzene rings is 1. The van der Waals surface area contributed by atoms with Crippen molar-refractivity contribution < 1.29 is 14.4 Å². The highest BCUT2D eigenvalue weighted by Crippen LogP contribution is 2.30. The van der Waals surface area contributed by atoms with Gasteiger partial charge in [0.25, 0.3) is 5.91 Å². The van der Waals surface area contributed by atoms with Crippen LogP contribution >= 0.6 is 0 Å². The Balaban J connectivity index is 1.42. The van der Waals surface area contributed by atoms with Gasteiger partial charge in [0.15, 0.2) is 0 Å². The van der Waals surface area contributed by atoms with Gasteiger partial charge in [0.1, 0.15) is 6.04 Å². The number of urea groups is 1. The molecular formula is C25H37N5O3. The predicted octanol–water partition coefficient (Wildman–Crippen LogP) is 1.97. The van der Waals surface area contributed by atoms with E-state index in [1.54, 1.807) is 12.1 Å². The number of fused-ring (bicyclic) bond motifs is 1. The quantitative estimate of drug-likeness (QED) is 0.586. The third kappa shape index (κ3) is 5.85. The standard InChI is InChI=1S/C25H37N5O3/c1-17(2)27-25(33)28-20-12-21-16-29(14-18-8-6-7-9-18)22(24(32)30(21)15-20)13-26-23(31)19-10-4-3-5-11-19/h3-5,10-11,17-18,20-22H,6-9,12-16H2,1-2H3,(H,26,31)(H2,27,28,33)/t20-,21-,22-/m0/s1. The Morgan fingerprint density at radius 2 is 1.82 bits per heavy atom. The lowest BCUT2D eigenvalue weighted by molar-refractivity contribution is -0.143. The van der Waals surface area contributed by atoms with Gasteiger partial charge < -0.3 is 20.9 Å². The van der Waals surface area contributed by atoms with Gasteiger partial charge in [-0.15, -0.1) is 0 Å². The van der Waals surface area contributed by atoms with Crippen molar-refractivity contribution in [2.45, 2.75) is 70.1 Å². The molecule has 1 aromatic rings. The van der Waals surface area contributed by atoms with Crippen molar-refractivity contribution in [2.75, 3.05) is 26.2 Å². The van der Waals surface area contributed by atoms with Gasteiger partial charge in [0, 0.05) is 43.8 Å². The van der Waals surface area contributed by atoms with Crippen molar-refractivity contribution in [1.82, 2.24) is 25.8 Å². The lowest BCUT2D eigenvalue weighted by Crippen LogP contribution is -2.63. The SMILES string of the molecule is CC(C)NC(=O)N[C@H]1C[C@H]2CN(CC3CCCC3)[C@@H](CNC(=O)c3ccccc3)C(=O)N2C1. The van der Waals surface area contributed by atoms with Crippen LogP contribution < -0.4 is 16.0 Å². The van der Waals surface area contributed by atoms with E-state index in [2.05, 4.69) is 20.9 Å². The molecule has 33 heavy (non-hydrogen) atoms. The summed E-state index contributed by atoms with van der Waals surface area (Å²) in [5.74, 6) is 0.521. The zero-order valence-corrected chi connectivity index (χ0v) is 19.8. The van der Waals surface area contributed by atoms with E-state index >= 15 is 0 Å². The van der Waals surface area contributed by atoms with E-state index in [1.165, 1.54) is 25.7 Å². The zero-order chi connectivity index (χ0) is 23.4. The summed E-state index contributed by atoms with van der Waals surface area (Å²) in [6.07, 6.45) is 5.70. The molecule has 0 unspecified atom stereocenters. The first-order valence-electron chi connectivity index (χ1n) is 12.4. The van der Waals surface area contributed by atoms with Gasteiger partial charge in [-0.1, -0.05) is 31.0 Å². The Kier molecular flexibility index (Phi) is 7.53. The molecule has 0 bridgehead atoms. The number of carbonyl (C=O) groups excluding carboxylic acids is 3. The number of piperazine rings is 1. The topological polar surface area (TPSA) is 93.8 Å². The normalized spacial score (nSPS) is 25.8. The third-order valence-corrected chi connectivity index (χ3v) is 7.08. The van der Waals surface area contributed by atoms with Crippen molar-refractivity contribution in [1.29, 1.82) is 0 Å². The van der Waals surface area contributed by atoms with Crippen molar-refractivity contribution >= 4 is 17.8 Å². The molecule has 180 valence electrons. The van der Waals surface area contributed by atoms with Crippen LogP contribution in [0.25, 0.3) is 0 Å². The summed E-state index contributed by atoms with van der Waals surface area (Å²) in [6, 6.07) is 8.68. The van der Waals surface area contributed by atoms with Crippen molar-refractivity contribution in [3.63, 3.8) is 0 Å². The van der Waals surface area contributed by atoms with Crippen LogP contribution in [0, 0.1) is 5.92 Å². The number of carbonyl (C=O) groups is 3. The Morgan fingerprint density at radius 1 is 1.09 bits per heavy atom. The summed E-state index contributed by atoms with van der Waals surface area (Å²) in [6.45, 7) is 6.36. The molecule has 2 aliphatic heterocycles. The minimum Gasteiger partial charge on any atom is -0.350 e. The smallest absolute Gasteiger partial charge is 0.315 e. The minimum atomic E-state index is -0.363. The first-order valence-corrected chi connectivity index (χ1v) is 12.4. The maximum Gasteiger partial charge on any atom is 0.315 e. The van der Waals surface area contributed by atoms with Gasteiger partial charge in [-0.05, 0) is 51.2 Å². The van der Waals surface area contributed by atoms with E-state index in [-0.39, 0.29) is 42.0 Å². The van der Waals surface area contributed by atoms with Crippen molar-refractivity contribution in [2.24, 2.45) is 5.92 Å². The molecule has 0 radical (unpaired) electrons. The lowest BCUT2D eigenvalue weighted by Gasteiger charge is -2.43. The van der Waals surface area contributed by atoms with E-state index in [4.69, 9.17) is 0 Å². The van der Waals surface area contributed by atoms with E-state index in [0.717, 1.165) is 19.5 Å². The Hall–Kier alpha value is -2.61. The van der Waals surface area contributed by atoms with Crippen LogP contribution in [-0.4, -0.2) is 78.0 Å². The monoisotopic (exact) mass is 455 g/mol. The molecule has 4 rings (SSSR count). The molecule has 3 N–H and O–H groups in total. The van der Waals surface area contributed by atoms with Crippen LogP contribution in [0.5, 0.6) is 0 Å². The van der Waals surface area contributed by atoms with E-state index in [9.17, 15) is 14.4 Å². The first-order chi connectivity index (χ1) is 15.9. The Labute approximate surface area is 196 Å². The summed E-state index contributed by atoms with van der Waals surface area (Å²) < 4.78 is 0. The Bertz CT molecular complexity index is 840. The second-order valence-electron chi connectivity index (χ2n) is 10.0. The van der Waals surface area contributed by atoms with Crippen LogP contribution in [0.15, 0.2) is 30.3 Å².